The van der Waals surface area contributed by atoms with Crippen molar-refractivity contribution in [1.29, 1.82) is 0 Å². The zero-order chi connectivity index (χ0) is 19.9. The fourth-order valence-corrected chi connectivity index (χ4v) is 3.65. The van der Waals surface area contributed by atoms with Crippen molar-refractivity contribution < 1.29 is 9.53 Å². The average Bonchev–Trinajstić information content (AvgIpc) is 3.09. The van der Waals surface area contributed by atoms with Crippen LogP contribution in [0.3, 0.4) is 0 Å². The molecule has 2 aromatic rings. The summed E-state index contributed by atoms with van der Waals surface area (Å²) >= 11 is 0. The van der Waals surface area contributed by atoms with E-state index in [4.69, 9.17) is 4.74 Å². The Morgan fingerprint density at radius 3 is 3.00 bits per heavy atom. The van der Waals surface area contributed by atoms with Gasteiger partial charge in [-0.2, -0.15) is 0 Å². The molecule has 2 N–H and O–H groups in total. The van der Waals surface area contributed by atoms with Gasteiger partial charge in [-0.3, -0.25) is 10.2 Å². The predicted octanol–water partition coefficient (Wildman–Crippen LogP) is 5.43. The summed E-state index contributed by atoms with van der Waals surface area (Å²) in [6, 6.07) is 5.92. The van der Waals surface area contributed by atoms with Crippen LogP contribution in [-0.4, -0.2) is 42.2 Å². The van der Waals surface area contributed by atoms with E-state index in [2.05, 4.69) is 47.9 Å². The summed E-state index contributed by atoms with van der Waals surface area (Å²) < 4.78 is 5.21. The fraction of sp³-hybridized carbons (Fsp3) is 0.435. The summed E-state index contributed by atoms with van der Waals surface area (Å²) in [6.45, 7) is 11.8. The van der Waals surface area contributed by atoms with E-state index in [-0.39, 0.29) is 0 Å². The lowest BCUT2D eigenvalue weighted by Crippen LogP contribution is -2.31. The Kier molecular flexibility index (Phi) is 6.93. The number of H-pyrrole nitrogens is 1. The Morgan fingerprint density at radius 1 is 1.43 bits per heavy atom. The predicted molar refractivity (Wildman–Crippen MR) is 117 cm³/mol. The van der Waals surface area contributed by atoms with Gasteiger partial charge in [0.15, 0.2) is 0 Å². The first-order valence-electron chi connectivity index (χ1n) is 10.1. The van der Waals surface area contributed by atoms with E-state index >= 15 is 0 Å². The summed E-state index contributed by atoms with van der Waals surface area (Å²) in [5.41, 5.74) is 4.42. The molecule has 1 amide bonds. The summed E-state index contributed by atoms with van der Waals surface area (Å²) in [5, 5.41) is 3.96. The maximum Gasteiger partial charge on any atom is 0.411 e. The molecule has 1 aliphatic heterocycles. The second-order valence-electron chi connectivity index (χ2n) is 7.79. The van der Waals surface area contributed by atoms with Gasteiger partial charge in [0, 0.05) is 48.0 Å². The van der Waals surface area contributed by atoms with Gasteiger partial charge in [0.2, 0.25) is 0 Å². The van der Waals surface area contributed by atoms with Crippen molar-refractivity contribution in [2.75, 3.05) is 31.6 Å². The second kappa shape index (κ2) is 9.60. The lowest BCUT2D eigenvalue weighted by molar-refractivity contribution is 0.160. The monoisotopic (exact) mass is 381 g/mol. The molecule has 0 saturated carbocycles. The smallest absolute Gasteiger partial charge is 0.411 e. The molecule has 3 rings (SSSR count). The Bertz CT molecular complexity index is 851. The lowest BCUT2D eigenvalue weighted by atomic mass is 9.98. The Morgan fingerprint density at radius 2 is 2.29 bits per heavy atom. The zero-order valence-corrected chi connectivity index (χ0v) is 17.0. The Balaban J connectivity index is 1.68. The number of unbranched alkanes of at least 4 members (excludes halogenated alkanes) is 1. The van der Waals surface area contributed by atoms with Crippen LogP contribution in [0.25, 0.3) is 16.5 Å². The molecule has 0 bridgehead atoms. The van der Waals surface area contributed by atoms with E-state index in [9.17, 15) is 4.79 Å². The quantitative estimate of drug-likeness (QED) is 0.474. The van der Waals surface area contributed by atoms with Crippen LogP contribution in [0.1, 0.15) is 38.7 Å². The van der Waals surface area contributed by atoms with Crippen LogP contribution in [0.2, 0.25) is 0 Å². The molecule has 2 heterocycles. The van der Waals surface area contributed by atoms with E-state index < -0.39 is 6.09 Å². The summed E-state index contributed by atoms with van der Waals surface area (Å²) in [6.07, 6.45) is 8.50. The van der Waals surface area contributed by atoms with Gasteiger partial charge in [-0.25, -0.2) is 4.79 Å². The number of rotatable bonds is 8. The van der Waals surface area contributed by atoms with Crippen molar-refractivity contribution in [3.05, 3.63) is 48.7 Å². The van der Waals surface area contributed by atoms with Crippen LogP contribution in [0.15, 0.2) is 43.1 Å². The number of allylic oxidation sites excluding steroid dienone is 1. The van der Waals surface area contributed by atoms with E-state index in [1.54, 1.807) is 0 Å². The number of nitrogens with zero attached hydrogens (tertiary/aromatic N) is 1. The number of ether oxygens (including phenoxy) is 1. The molecule has 0 fully saturated rings. The molecular formula is C23H31N3O2. The molecule has 0 unspecified atom stereocenters. The number of nitrogens with one attached hydrogen (secondary N) is 2. The molecule has 150 valence electrons. The summed E-state index contributed by atoms with van der Waals surface area (Å²) in [5.74, 6) is 0.688. The molecule has 0 aliphatic carbocycles. The molecule has 0 spiro atoms. The minimum Gasteiger partial charge on any atom is -0.449 e. The highest BCUT2D eigenvalue weighted by molar-refractivity contribution is 5.96. The molecule has 1 aromatic heterocycles. The van der Waals surface area contributed by atoms with Gasteiger partial charge in [-0.1, -0.05) is 26.0 Å². The number of anilines is 1. The Hall–Kier alpha value is -2.53. The van der Waals surface area contributed by atoms with Crippen molar-refractivity contribution in [2.24, 2.45) is 5.92 Å². The number of carbonyl (C=O) groups is 1. The van der Waals surface area contributed by atoms with Gasteiger partial charge >= 0.3 is 6.09 Å². The van der Waals surface area contributed by atoms with E-state index in [1.165, 1.54) is 11.1 Å². The van der Waals surface area contributed by atoms with E-state index in [0.717, 1.165) is 55.5 Å². The van der Waals surface area contributed by atoms with Crippen LogP contribution in [0, 0.1) is 5.92 Å². The van der Waals surface area contributed by atoms with Crippen LogP contribution in [-0.2, 0) is 4.74 Å². The highest BCUT2D eigenvalue weighted by Gasteiger charge is 2.16. The van der Waals surface area contributed by atoms with Crippen LogP contribution < -0.4 is 5.32 Å². The normalized spacial score (nSPS) is 14.9. The van der Waals surface area contributed by atoms with Crippen molar-refractivity contribution in [1.82, 2.24) is 9.88 Å². The first-order chi connectivity index (χ1) is 13.6. The molecule has 1 aromatic carbocycles. The van der Waals surface area contributed by atoms with Gasteiger partial charge in [0.05, 0.1) is 6.61 Å². The number of hydrogen-bond acceptors (Lipinski definition) is 3. The van der Waals surface area contributed by atoms with E-state index in [0.29, 0.717) is 12.5 Å². The van der Waals surface area contributed by atoms with Crippen molar-refractivity contribution >= 4 is 28.3 Å². The maximum atomic E-state index is 12.0. The molecule has 0 saturated heterocycles. The average molecular weight is 382 g/mol. The molecule has 5 heteroatoms. The third-order valence-corrected chi connectivity index (χ3v) is 4.98. The van der Waals surface area contributed by atoms with Crippen molar-refractivity contribution in [3.8, 4) is 0 Å². The summed E-state index contributed by atoms with van der Waals surface area (Å²) in [4.78, 5) is 17.8. The number of amides is 1. The molecular weight excluding hydrogens is 350 g/mol. The number of benzene rings is 1. The van der Waals surface area contributed by atoms with Crippen molar-refractivity contribution in [2.45, 2.75) is 33.1 Å². The second-order valence-corrected chi connectivity index (χ2v) is 7.79. The van der Waals surface area contributed by atoms with Gasteiger partial charge in [-0.15, -0.1) is 6.58 Å². The number of fused-ring (bicyclic) bond motifs is 1. The van der Waals surface area contributed by atoms with Gasteiger partial charge in [-0.05, 0) is 49.0 Å². The van der Waals surface area contributed by atoms with E-state index in [1.807, 2.05) is 24.3 Å². The SMILES string of the molecule is C=CCCCOC(=O)Nc1ccc2[nH]cc(C3=CCN(CC(C)C)CC3)c2c1. The number of hydrogen-bond donors (Lipinski definition) is 2. The largest absolute Gasteiger partial charge is 0.449 e. The first-order valence-corrected chi connectivity index (χ1v) is 10.1. The first kappa shape index (κ1) is 20.2. The Labute approximate surface area is 167 Å². The minimum absolute atomic E-state index is 0.398. The zero-order valence-electron chi connectivity index (χ0n) is 17.0. The molecule has 28 heavy (non-hydrogen) atoms. The van der Waals surface area contributed by atoms with Gasteiger partial charge in [0.25, 0.3) is 0 Å². The highest BCUT2D eigenvalue weighted by Crippen LogP contribution is 2.31. The van der Waals surface area contributed by atoms with Crippen LogP contribution >= 0.6 is 0 Å². The third-order valence-electron chi connectivity index (χ3n) is 4.98. The minimum atomic E-state index is -0.415. The molecule has 5 nitrogen and oxygen atoms in total. The summed E-state index contributed by atoms with van der Waals surface area (Å²) in [7, 11) is 0. The van der Waals surface area contributed by atoms with Gasteiger partial charge in [0.1, 0.15) is 0 Å². The number of carbonyl (C=O) groups excluding carboxylic acids is 1. The van der Waals surface area contributed by atoms with Gasteiger partial charge < -0.3 is 9.72 Å². The van der Waals surface area contributed by atoms with Crippen molar-refractivity contribution in [3.63, 3.8) is 0 Å². The molecule has 0 radical (unpaired) electrons. The van der Waals surface area contributed by atoms with Crippen LogP contribution in [0.4, 0.5) is 10.5 Å². The topological polar surface area (TPSA) is 57.4 Å². The number of aromatic nitrogens is 1. The highest BCUT2D eigenvalue weighted by atomic mass is 16.5. The van der Waals surface area contributed by atoms with Crippen LogP contribution in [0.5, 0.6) is 0 Å². The number of aromatic amines is 1. The molecule has 1 aliphatic rings. The standard InChI is InChI=1S/C23H31N3O2/c1-4-5-6-13-28-23(27)25-19-7-8-22-20(14-19)21(15-24-22)18-9-11-26(12-10-18)16-17(2)3/h4,7-9,14-15,17,24H,1,5-6,10-13,16H2,2-3H3,(H,25,27). The lowest BCUT2D eigenvalue weighted by Gasteiger charge is -2.27. The third kappa shape index (κ3) is 5.26. The fourth-order valence-electron chi connectivity index (χ4n) is 3.65. The molecule has 0 atom stereocenters. The maximum absolute atomic E-state index is 12.0.